The number of sulfonamides is 1. The Labute approximate surface area is 178 Å². The van der Waals surface area contributed by atoms with Gasteiger partial charge in [-0.2, -0.15) is 0 Å². The van der Waals surface area contributed by atoms with Gasteiger partial charge in [0.05, 0.1) is 10.6 Å². The van der Waals surface area contributed by atoms with Crippen LogP contribution in [0.1, 0.15) is 37.0 Å². The Morgan fingerprint density at radius 3 is 2.17 bits per heavy atom. The summed E-state index contributed by atoms with van der Waals surface area (Å²) in [5, 5.41) is 0. The fraction of sp³-hybridized carbons (Fsp3) is 0.409. The molecule has 0 unspecified atom stereocenters. The molecule has 0 aromatic heterocycles. The molecule has 1 aliphatic heterocycles. The van der Waals surface area contributed by atoms with Crippen LogP contribution in [0.2, 0.25) is 0 Å². The molecule has 2 aromatic carbocycles. The highest BCUT2D eigenvalue weighted by Crippen LogP contribution is 2.26. The molecule has 0 radical (unpaired) electrons. The van der Waals surface area contributed by atoms with Crippen molar-refractivity contribution < 1.29 is 13.2 Å². The van der Waals surface area contributed by atoms with Gasteiger partial charge in [-0.1, -0.05) is 6.92 Å². The van der Waals surface area contributed by atoms with Crippen molar-refractivity contribution in [1.82, 2.24) is 4.90 Å². The van der Waals surface area contributed by atoms with Crippen molar-refractivity contribution >= 4 is 33.4 Å². The lowest BCUT2D eigenvalue weighted by molar-refractivity contribution is 0.0697. The van der Waals surface area contributed by atoms with E-state index in [1.165, 1.54) is 4.31 Å². The van der Waals surface area contributed by atoms with Gasteiger partial charge in [0.1, 0.15) is 0 Å². The van der Waals surface area contributed by atoms with Gasteiger partial charge in [-0.3, -0.25) is 9.10 Å². The van der Waals surface area contributed by atoms with Crippen molar-refractivity contribution in [1.29, 1.82) is 0 Å². The van der Waals surface area contributed by atoms with Gasteiger partial charge in [0, 0.05) is 30.1 Å². The highest BCUT2D eigenvalue weighted by Gasteiger charge is 2.25. The van der Waals surface area contributed by atoms with Crippen LogP contribution in [0, 0.1) is 5.92 Å². The summed E-state index contributed by atoms with van der Waals surface area (Å²) in [6.45, 7) is 5.89. The standard InChI is InChI=1S/C22H28N2O3S2/c1-4-24(29(26,27)21-11-9-20(28-3)10-12-21)19-7-5-18(6-8-19)22(25)23-15-13-17(2)14-16-23/h5-12,17H,4,13-16H2,1-3H3. The fourth-order valence-electron chi connectivity index (χ4n) is 3.53. The number of carbonyl (C=O) groups is 1. The van der Waals surface area contributed by atoms with Crippen molar-refractivity contribution in [3.05, 3.63) is 54.1 Å². The van der Waals surface area contributed by atoms with Crippen LogP contribution in [0.15, 0.2) is 58.3 Å². The third-order valence-electron chi connectivity index (χ3n) is 5.41. The second kappa shape index (κ2) is 9.22. The molecule has 0 aliphatic carbocycles. The quantitative estimate of drug-likeness (QED) is 0.631. The van der Waals surface area contributed by atoms with Gasteiger partial charge in [0.15, 0.2) is 0 Å². The highest BCUT2D eigenvalue weighted by atomic mass is 32.2. The van der Waals surface area contributed by atoms with E-state index < -0.39 is 10.0 Å². The van der Waals surface area contributed by atoms with E-state index in [0.29, 0.717) is 23.7 Å². The Hall–Kier alpha value is -1.99. The molecule has 3 rings (SSSR count). The minimum Gasteiger partial charge on any atom is -0.339 e. The molecule has 0 saturated carbocycles. The van der Waals surface area contributed by atoms with Gasteiger partial charge in [-0.15, -0.1) is 11.8 Å². The first kappa shape index (κ1) is 21.7. The van der Waals surface area contributed by atoms with Crippen molar-refractivity contribution in [2.24, 2.45) is 5.92 Å². The Balaban J connectivity index is 1.80. The maximum Gasteiger partial charge on any atom is 0.264 e. The number of hydrogen-bond donors (Lipinski definition) is 0. The average Bonchev–Trinajstić information content (AvgIpc) is 2.74. The average molecular weight is 433 g/mol. The zero-order chi connectivity index (χ0) is 21.0. The summed E-state index contributed by atoms with van der Waals surface area (Å²) in [5.74, 6) is 0.678. The number of amides is 1. The predicted molar refractivity (Wildman–Crippen MR) is 119 cm³/mol. The molecular weight excluding hydrogens is 404 g/mol. The number of hydrogen-bond acceptors (Lipinski definition) is 4. The van der Waals surface area contributed by atoms with Crippen LogP contribution in [0.25, 0.3) is 0 Å². The van der Waals surface area contributed by atoms with Crippen LogP contribution >= 0.6 is 11.8 Å². The van der Waals surface area contributed by atoms with Crippen LogP contribution in [0.5, 0.6) is 0 Å². The lowest BCUT2D eigenvalue weighted by Crippen LogP contribution is -2.38. The van der Waals surface area contributed by atoms with Crippen LogP contribution in [0.4, 0.5) is 5.69 Å². The normalized spacial score (nSPS) is 15.3. The highest BCUT2D eigenvalue weighted by molar-refractivity contribution is 7.98. The predicted octanol–water partition coefficient (Wildman–Crippen LogP) is 4.50. The summed E-state index contributed by atoms with van der Waals surface area (Å²) >= 11 is 1.57. The van der Waals surface area contributed by atoms with Gasteiger partial charge in [-0.25, -0.2) is 8.42 Å². The molecule has 29 heavy (non-hydrogen) atoms. The first-order valence-electron chi connectivity index (χ1n) is 9.93. The number of thioether (sulfide) groups is 1. The number of nitrogens with zero attached hydrogens (tertiary/aromatic N) is 2. The summed E-state index contributed by atoms with van der Waals surface area (Å²) in [6, 6.07) is 13.8. The van der Waals surface area contributed by atoms with Crippen molar-refractivity contribution in [3.63, 3.8) is 0 Å². The first-order valence-corrected chi connectivity index (χ1v) is 12.6. The summed E-state index contributed by atoms with van der Waals surface area (Å²) in [4.78, 5) is 15.9. The minimum absolute atomic E-state index is 0.0158. The number of likely N-dealkylation sites (tertiary alicyclic amines) is 1. The Kier molecular flexibility index (Phi) is 6.90. The van der Waals surface area contributed by atoms with E-state index in [2.05, 4.69) is 6.92 Å². The third kappa shape index (κ3) is 4.78. The summed E-state index contributed by atoms with van der Waals surface area (Å²) in [7, 11) is -3.66. The van der Waals surface area contributed by atoms with Gasteiger partial charge >= 0.3 is 0 Å². The number of rotatable bonds is 6. The number of carbonyl (C=O) groups excluding carboxylic acids is 1. The van der Waals surface area contributed by atoms with Crippen LogP contribution in [-0.4, -0.2) is 45.1 Å². The molecule has 156 valence electrons. The molecule has 7 heteroatoms. The molecule has 1 fully saturated rings. The smallest absolute Gasteiger partial charge is 0.264 e. The molecule has 1 heterocycles. The molecule has 5 nitrogen and oxygen atoms in total. The molecule has 1 aliphatic rings. The largest absolute Gasteiger partial charge is 0.339 e. The topological polar surface area (TPSA) is 57.7 Å². The molecule has 0 atom stereocenters. The molecular formula is C22H28N2O3S2. The fourth-order valence-corrected chi connectivity index (χ4v) is 5.41. The van der Waals surface area contributed by atoms with Gasteiger partial charge in [0.2, 0.25) is 0 Å². The molecule has 0 N–H and O–H groups in total. The zero-order valence-electron chi connectivity index (χ0n) is 17.2. The molecule has 0 bridgehead atoms. The van der Waals surface area contributed by atoms with Crippen LogP contribution in [0.3, 0.4) is 0 Å². The minimum atomic E-state index is -3.66. The molecule has 1 saturated heterocycles. The second-order valence-corrected chi connectivity index (χ2v) is 10.1. The van der Waals surface area contributed by atoms with E-state index in [1.54, 1.807) is 48.2 Å². The summed E-state index contributed by atoms with van der Waals surface area (Å²) in [5.41, 5.74) is 1.16. The second-order valence-electron chi connectivity index (χ2n) is 7.37. The Bertz CT molecular complexity index is 933. The van der Waals surface area contributed by atoms with E-state index in [9.17, 15) is 13.2 Å². The molecule has 0 spiro atoms. The molecule has 1 amide bonds. The van der Waals surface area contributed by atoms with E-state index in [-0.39, 0.29) is 10.8 Å². The zero-order valence-corrected chi connectivity index (χ0v) is 18.8. The van der Waals surface area contributed by atoms with Crippen molar-refractivity contribution in [3.8, 4) is 0 Å². The number of piperidine rings is 1. The number of anilines is 1. The summed E-state index contributed by atoms with van der Waals surface area (Å²) in [6.07, 6.45) is 4.01. The van der Waals surface area contributed by atoms with Crippen LogP contribution < -0.4 is 4.31 Å². The van der Waals surface area contributed by atoms with E-state index in [1.807, 2.05) is 30.2 Å². The van der Waals surface area contributed by atoms with Gasteiger partial charge < -0.3 is 4.90 Å². The Morgan fingerprint density at radius 2 is 1.66 bits per heavy atom. The van der Waals surface area contributed by atoms with Gasteiger partial charge in [-0.05, 0) is 80.5 Å². The van der Waals surface area contributed by atoms with Crippen molar-refractivity contribution in [2.45, 2.75) is 36.5 Å². The van der Waals surface area contributed by atoms with Gasteiger partial charge in [0.25, 0.3) is 15.9 Å². The lowest BCUT2D eigenvalue weighted by Gasteiger charge is -2.30. The van der Waals surface area contributed by atoms with E-state index in [0.717, 1.165) is 30.8 Å². The third-order valence-corrected chi connectivity index (χ3v) is 8.07. The number of benzene rings is 2. The maximum absolute atomic E-state index is 13.1. The lowest BCUT2D eigenvalue weighted by atomic mass is 9.98. The SMILES string of the molecule is CCN(c1ccc(C(=O)N2CCC(C)CC2)cc1)S(=O)(=O)c1ccc(SC)cc1. The monoisotopic (exact) mass is 432 g/mol. The molecule has 2 aromatic rings. The van der Waals surface area contributed by atoms with E-state index >= 15 is 0 Å². The maximum atomic E-state index is 13.1. The van der Waals surface area contributed by atoms with Crippen molar-refractivity contribution in [2.75, 3.05) is 30.2 Å². The van der Waals surface area contributed by atoms with E-state index in [4.69, 9.17) is 0 Å². The summed E-state index contributed by atoms with van der Waals surface area (Å²) < 4.78 is 27.6. The first-order chi connectivity index (χ1) is 13.9. The Morgan fingerprint density at radius 1 is 1.07 bits per heavy atom. The van der Waals surface area contributed by atoms with Crippen LogP contribution in [-0.2, 0) is 10.0 Å².